The van der Waals surface area contributed by atoms with Crippen LogP contribution in [0.25, 0.3) is 18.2 Å². The second-order valence-corrected chi connectivity index (χ2v) is 9.81. The highest BCUT2D eigenvalue weighted by molar-refractivity contribution is 5.82. The SMILES string of the molecule is CC1C=c2c3c(n(C4CC(C5=CCNC=C5)C=C(C5=CC[N+](C)=C5)N4)c2=CC1)CCC=C3. The first-order valence-corrected chi connectivity index (χ1v) is 12.1. The van der Waals surface area contributed by atoms with Crippen LogP contribution in [-0.4, -0.2) is 35.5 Å². The predicted octanol–water partition coefficient (Wildman–Crippen LogP) is 2.74. The lowest BCUT2D eigenvalue weighted by atomic mass is 9.87. The lowest BCUT2D eigenvalue weighted by Crippen LogP contribution is -2.42. The molecule has 2 aliphatic carbocycles. The molecule has 0 saturated heterocycles. The van der Waals surface area contributed by atoms with Gasteiger partial charge in [-0.3, -0.25) is 0 Å². The fourth-order valence-corrected chi connectivity index (χ4v) is 5.84. The van der Waals surface area contributed by atoms with Crippen molar-refractivity contribution < 1.29 is 4.58 Å². The third-order valence-corrected chi connectivity index (χ3v) is 7.42. The monoisotopic (exact) mass is 425 g/mol. The summed E-state index contributed by atoms with van der Waals surface area (Å²) in [5.74, 6) is 1.02. The summed E-state index contributed by atoms with van der Waals surface area (Å²) >= 11 is 0. The second-order valence-electron chi connectivity index (χ2n) is 9.81. The van der Waals surface area contributed by atoms with Crippen molar-refractivity contribution in [1.82, 2.24) is 15.2 Å². The summed E-state index contributed by atoms with van der Waals surface area (Å²) in [5.41, 5.74) is 6.99. The van der Waals surface area contributed by atoms with Crippen molar-refractivity contribution in [3.63, 3.8) is 0 Å². The van der Waals surface area contributed by atoms with Gasteiger partial charge in [-0.15, -0.1) is 0 Å². The maximum atomic E-state index is 3.97. The number of dihydropyridines is 1. The molecule has 3 unspecified atom stereocenters. The zero-order valence-corrected chi connectivity index (χ0v) is 19.1. The lowest BCUT2D eigenvalue weighted by Gasteiger charge is -2.34. The van der Waals surface area contributed by atoms with Crippen molar-refractivity contribution >= 4 is 24.4 Å². The molecule has 4 nitrogen and oxygen atoms in total. The van der Waals surface area contributed by atoms with Gasteiger partial charge in [0.15, 0.2) is 12.8 Å². The molecular formula is C28H33N4+. The number of aromatic nitrogens is 1. The van der Waals surface area contributed by atoms with E-state index < -0.39 is 0 Å². The molecule has 164 valence electrons. The molecule has 0 radical (unpaired) electrons. The first kappa shape index (κ1) is 19.7. The predicted molar refractivity (Wildman–Crippen MR) is 133 cm³/mol. The Morgan fingerprint density at radius 3 is 2.88 bits per heavy atom. The van der Waals surface area contributed by atoms with Gasteiger partial charge in [0.2, 0.25) is 0 Å². The number of fused-ring (bicyclic) bond motifs is 3. The molecule has 2 N–H and O–H groups in total. The Morgan fingerprint density at radius 1 is 1.12 bits per heavy atom. The van der Waals surface area contributed by atoms with Gasteiger partial charge in [0.1, 0.15) is 13.2 Å². The first-order valence-electron chi connectivity index (χ1n) is 12.1. The van der Waals surface area contributed by atoms with E-state index in [1.54, 1.807) is 0 Å². The molecule has 1 aromatic rings. The van der Waals surface area contributed by atoms with Crippen molar-refractivity contribution in [3.05, 3.63) is 75.2 Å². The molecule has 0 fully saturated rings. The van der Waals surface area contributed by atoms with Gasteiger partial charge in [-0.1, -0.05) is 43.4 Å². The zero-order valence-electron chi connectivity index (χ0n) is 19.1. The molecule has 0 amide bonds. The molecule has 0 bridgehead atoms. The van der Waals surface area contributed by atoms with E-state index in [9.17, 15) is 0 Å². The van der Waals surface area contributed by atoms with Crippen molar-refractivity contribution in [2.75, 3.05) is 20.1 Å². The fourth-order valence-electron chi connectivity index (χ4n) is 5.84. The standard InChI is InChI=1S/C28H33N4/c1-19-7-8-27-24(15-19)23-5-3-4-6-26(23)32(27)28-17-22(20-9-12-29-13-10-20)16-25(30-28)21-11-14-31(2)18-21/h3,5,8-12,15-16,18-19,22,28-30H,4,6-7,13-14,17H2,1-2H3/q+1. The number of nitrogens with zero attached hydrogens (tertiary/aromatic N) is 2. The van der Waals surface area contributed by atoms with Crippen molar-refractivity contribution in [3.8, 4) is 0 Å². The van der Waals surface area contributed by atoms with E-state index in [0.717, 1.165) is 38.8 Å². The van der Waals surface area contributed by atoms with Crippen LogP contribution in [0.3, 0.4) is 0 Å². The Kier molecular flexibility index (Phi) is 4.82. The van der Waals surface area contributed by atoms with Crippen LogP contribution < -0.4 is 21.2 Å². The van der Waals surface area contributed by atoms with Crippen LogP contribution in [0.4, 0.5) is 0 Å². The minimum absolute atomic E-state index is 0.256. The third kappa shape index (κ3) is 3.33. The van der Waals surface area contributed by atoms with Gasteiger partial charge in [0.25, 0.3) is 0 Å². The Labute approximate surface area is 190 Å². The van der Waals surface area contributed by atoms with E-state index >= 15 is 0 Å². The topological polar surface area (TPSA) is 32.0 Å². The van der Waals surface area contributed by atoms with Crippen molar-refractivity contribution in [2.45, 2.75) is 38.8 Å². The number of allylic oxidation sites excluding steroid dienone is 5. The molecule has 1 aromatic heterocycles. The summed E-state index contributed by atoms with van der Waals surface area (Å²) < 4.78 is 4.91. The Bertz CT molecular complexity index is 1260. The maximum absolute atomic E-state index is 3.97. The molecule has 6 rings (SSSR count). The highest BCUT2D eigenvalue weighted by Gasteiger charge is 2.31. The summed E-state index contributed by atoms with van der Waals surface area (Å²) in [6.07, 6.45) is 28.2. The Morgan fingerprint density at radius 2 is 2.06 bits per heavy atom. The van der Waals surface area contributed by atoms with Gasteiger partial charge >= 0.3 is 0 Å². The van der Waals surface area contributed by atoms with Crippen LogP contribution in [0.2, 0.25) is 0 Å². The van der Waals surface area contributed by atoms with Gasteiger partial charge in [0.05, 0.1) is 5.57 Å². The minimum atomic E-state index is 0.256. The van der Waals surface area contributed by atoms with Crippen LogP contribution in [-0.2, 0) is 6.42 Å². The molecule has 32 heavy (non-hydrogen) atoms. The van der Waals surface area contributed by atoms with Gasteiger partial charge in [-0.2, -0.15) is 0 Å². The van der Waals surface area contributed by atoms with Crippen molar-refractivity contribution in [2.24, 2.45) is 11.8 Å². The van der Waals surface area contributed by atoms with Crippen molar-refractivity contribution in [1.29, 1.82) is 0 Å². The number of hydrogen-bond donors (Lipinski definition) is 2. The third-order valence-electron chi connectivity index (χ3n) is 7.42. The number of likely N-dealkylation sites (N-methyl/N-ethyl adjacent to an activating group) is 1. The number of rotatable bonds is 3. The van der Waals surface area contributed by atoms with E-state index in [0.29, 0.717) is 11.8 Å². The lowest BCUT2D eigenvalue weighted by molar-refractivity contribution is -0.477. The zero-order chi connectivity index (χ0) is 21.7. The van der Waals surface area contributed by atoms with Crippen LogP contribution in [0.5, 0.6) is 0 Å². The molecule has 0 saturated carbocycles. The summed E-state index contributed by atoms with van der Waals surface area (Å²) in [6.45, 7) is 4.23. The van der Waals surface area contributed by atoms with Gasteiger partial charge in [0, 0.05) is 40.0 Å². The van der Waals surface area contributed by atoms with Gasteiger partial charge < -0.3 is 15.2 Å². The van der Waals surface area contributed by atoms with Gasteiger partial charge in [-0.25, -0.2) is 4.58 Å². The van der Waals surface area contributed by atoms with E-state index in [1.165, 1.54) is 38.7 Å². The van der Waals surface area contributed by atoms with E-state index in [4.69, 9.17) is 0 Å². The summed E-state index contributed by atoms with van der Waals surface area (Å²) in [6, 6.07) is 0. The molecule has 5 aliphatic rings. The molecule has 0 aromatic carbocycles. The van der Waals surface area contributed by atoms with E-state index in [1.807, 2.05) is 0 Å². The fraction of sp³-hybridized carbons (Fsp3) is 0.393. The summed E-state index contributed by atoms with van der Waals surface area (Å²) in [4.78, 5) is 0. The quantitative estimate of drug-likeness (QED) is 0.730. The Hall–Kier alpha value is -3.01. The minimum Gasteiger partial charge on any atom is -0.387 e. The molecule has 3 atom stereocenters. The van der Waals surface area contributed by atoms with Crippen LogP contribution in [0.15, 0.2) is 53.4 Å². The summed E-state index contributed by atoms with van der Waals surface area (Å²) in [5, 5.41) is 10.2. The molecule has 4 heteroatoms. The van der Waals surface area contributed by atoms with E-state index in [2.05, 4.69) is 94.8 Å². The normalized spacial score (nSPS) is 28.1. The average Bonchev–Trinajstić information content (AvgIpc) is 3.40. The van der Waals surface area contributed by atoms with Crippen LogP contribution in [0, 0.1) is 11.8 Å². The molecular weight excluding hydrogens is 392 g/mol. The van der Waals surface area contributed by atoms with Crippen LogP contribution in [0.1, 0.15) is 43.6 Å². The van der Waals surface area contributed by atoms with Gasteiger partial charge in [-0.05, 0) is 55.5 Å². The van der Waals surface area contributed by atoms with Crippen LogP contribution >= 0.6 is 0 Å². The smallest absolute Gasteiger partial charge is 0.172 e. The average molecular weight is 426 g/mol. The van der Waals surface area contributed by atoms with E-state index in [-0.39, 0.29) is 6.17 Å². The first-order chi connectivity index (χ1) is 15.7. The number of hydrogen-bond acceptors (Lipinski definition) is 2. The number of nitrogens with one attached hydrogen (secondary N) is 2. The summed E-state index contributed by atoms with van der Waals surface area (Å²) in [7, 11) is 2.15. The molecule has 4 heterocycles. The second kappa shape index (κ2) is 7.84. The molecule has 0 spiro atoms. The Balaban J connectivity index is 1.48. The maximum Gasteiger partial charge on any atom is 0.172 e. The largest absolute Gasteiger partial charge is 0.387 e. The molecule has 3 aliphatic heterocycles. The highest BCUT2D eigenvalue weighted by Crippen LogP contribution is 2.34. The highest BCUT2D eigenvalue weighted by atomic mass is 15.2.